The molecule has 1 fully saturated rings. The predicted molar refractivity (Wildman–Crippen MR) is 103 cm³/mol. The van der Waals surface area contributed by atoms with Crippen molar-refractivity contribution >= 4 is 22.6 Å². The van der Waals surface area contributed by atoms with Gasteiger partial charge in [-0.1, -0.05) is 12.1 Å². The molecule has 3 heterocycles. The van der Waals surface area contributed by atoms with Crippen LogP contribution >= 0.6 is 0 Å². The molecule has 6 heteroatoms. The maximum atomic E-state index is 12.5. The lowest BCUT2D eigenvalue weighted by molar-refractivity contribution is 0.0735. The first-order valence-corrected chi connectivity index (χ1v) is 9.05. The maximum Gasteiger partial charge on any atom is 0.289 e. The fraction of sp³-hybridized carbons (Fsp3) is 0.286. The number of rotatable bonds is 2. The number of aryl methyl sites for hydroxylation is 1. The molecular weight excluding hydrogens is 340 g/mol. The molecule has 1 aromatic carbocycles. The second-order valence-electron chi connectivity index (χ2n) is 6.78. The zero-order valence-electron chi connectivity index (χ0n) is 15.2. The van der Waals surface area contributed by atoms with E-state index < -0.39 is 0 Å². The van der Waals surface area contributed by atoms with E-state index in [0.29, 0.717) is 36.8 Å². The number of fused-ring (bicyclic) bond motifs is 1. The first-order valence-electron chi connectivity index (χ1n) is 9.05. The predicted octanol–water partition coefficient (Wildman–Crippen LogP) is 3.36. The smallest absolute Gasteiger partial charge is 0.289 e. The molecule has 3 aromatic rings. The molecule has 1 aliphatic rings. The minimum Gasteiger partial charge on any atom is -0.459 e. The van der Waals surface area contributed by atoms with Gasteiger partial charge in [0.15, 0.2) is 5.76 Å². The molecule has 6 nitrogen and oxygen atoms in total. The summed E-state index contributed by atoms with van der Waals surface area (Å²) in [5.41, 5.74) is 2.59. The highest BCUT2D eigenvalue weighted by Gasteiger charge is 2.24. The molecule has 0 saturated carbocycles. The second kappa shape index (κ2) is 7.12. The van der Waals surface area contributed by atoms with Gasteiger partial charge in [-0.25, -0.2) is 4.98 Å². The summed E-state index contributed by atoms with van der Waals surface area (Å²) in [6, 6.07) is 13.6. The molecule has 0 aliphatic carbocycles. The Hall–Kier alpha value is -3.33. The number of pyridine rings is 1. The highest BCUT2D eigenvalue weighted by Crippen LogP contribution is 2.25. The minimum absolute atomic E-state index is 0.0931. The van der Waals surface area contributed by atoms with Crippen LogP contribution in [0.3, 0.4) is 0 Å². The molecule has 1 saturated heterocycles. The van der Waals surface area contributed by atoms with Crippen molar-refractivity contribution in [3.8, 4) is 6.07 Å². The molecule has 0 radical (unpaired) electrons. The first kappa shape index (κ1) is 17.1. The summed E-state index contributed by atoms with van der Waals surface area (Å²) in [4.78, 5) is 21.2. The molecule has 27 heavy (non-hydrogen) atoms. The van der Waals surface area contributed by atoms with Crippen molar-refractivity contribution in [3.63, 3.8) is 0 Å². The van der Waals surface area contributed by atoms with E-state index in [4.69, 9.17) is 9.40 Å². The summed E-state index contributed by atoms with van der Waals surface area (Å²) >= 11 is 0. The van der Waals surface area contributed by atoms with E-state index in [-0.39, 0.29) is 5.91 Å². The van der Waals surface area contributed by atoms with Gasteiger partial charge in [-0.05, 0) is 43.2 Å². The molecule has 0 unspecified atom stereocenters. The van der Waals surface area contributed by atoms with E-state index in [9.17, 15) is 10.1 Å². The van der Waals surface area contributed by atoms with Crippen LogP contribution in [0.1, 0.15) is 28.1 Å². The molecule has 0 spiro atoms. The Balaban J connectivity index is 1.60. The van der Waals surface area contributed by atoms with Crippen LogP contribution in [-0.2, 0) is 0 Å². The summed E-state index contributed by atoms with van der Waals surface area (Å²) in [7, 11) is 0. The van der Waals surface area contributed by atoms with Crippen molar-refractivity contribution in [2.75, 3.05) is 31.1 Å². The Morgan fingerprint density at radius 2 is 2.07 bits per heavy atom. The lowest BCUT2D eigenvalue weighted by Crippen LogP contribution is -2.35. The Morgan fingerprint density at radius 3 is 2.85 bits per heavy atom. The second-order valence-corrected chi connectivity index (χ2v) is 6.78. The van der Waals surface area contributed by atoms with Gasteiger partial charge in [0, 0.05) is 31.6 Å². The van der Waals surface area contributed by atoms with Crippen molar-refractivity contribution < 1.29 is 9.21 Å². The number of aromatic nitrogens is 1. The van der Waals surface area contributed by atoms with Gasteiger partial charge in [-0.2, -0.15) is 5.26 Å². The van der Waals surface area contributed by atoms with Crippen LogP contribution in [0.2, 0.25) is 0 Å². The number of benzene rings is 1. The molecule has 0 bridgehead atoms. The molecule has 1 aliphatic heterocycles. The third kappa shape index (κ3) is 3.36. The molecule has 2 aromatic heterocycles. The summed E-state index contributed by atoms with van der Waals surface area (Å²) in [5, 5.41) is 10.6. The standard InChI is InChI=1S/C21H20N4O2/c1-15-5-6-16-13-17(14-22)20(23-18(16)12-15)24-7-3-8-25(10-9-24)21(26)19-4-2-11-27-19/h2,4-6,11-13H,3,7-10H2,1H3. The maximum absolute atomic E-state index is 12.5. The van der Waals surface area contributed by atoms with Crippen LogP contribution < -0.4 is 4.90 Å². The van der Waals surface area contributed by atoms with Crippen LogP contribution in [0.25, 0.3) is 10.9 Å². The third-order valence-electron chi connectivity index (χ3n) is 4.89. The van der Waals surface area contributed by atoms with E-state index >= 15 is 0 Å². The van der Waals surface area contributed by atoms with Crippen molar-refractivity contribution in [1.82, 2.24) is 9.88 Å². The van der Waals surface area contributed by atoms with Crippen LogP contribution in [-0.4, -0.2) is 42.0 Å². The van der Waals surface area contributed by atoms with Gasteiger partial charge in [0.1, 0.15) is 11.9 Å². The van der Waals surface area contributed by atoms with Crippen molar-refractivity contribution in [1.29, 1.82) is 5.26 Å². The SMILES string of the molecule is Cc1ccc2cc(C#N)c(N3CCCN(C(=O)c4ccco4)CC3)nc2c1. The molecule has 136 valence electrons. The van der Waals surface area contributed by atoms with Crippen LogP contribution in [0.15, 0.2) is 47.1 Å². The Morgan fingerprint density at radius 1 is 1.19 bits per heavy atom. The zero-order valence-corrected chi connectivity index (χ0v) is 15.2. The number of anilines is 1. The normalized spacial score (nSPS) is 14.8. The minimum atomic E-state index is -0.0931. The largest absolute Gasteiger partial charge is 0.459 e. The quantitative estimate of drug-likeness (QED) is 0.701. The molecule has 1 amide bonds. The highest BCUT2D eigenvalue weighted by molar-refractivity contribution is 5.91. The topological polar surface area (TPSA) is 73.4 Å². The van der Waals surface area contributed by atoms with Gasteiger partial charge >= 0.3 is 0 Å². The van der Waals surface area contributed by atoms with Gasteiger partial charge in [-0.3, -0.25) is 4.79 Å². The number of hydrogen-bond acceptors (Lipinski definition) is 5. The number of furan rings is 1. The Kier molecular flexibility index (Phi) is 4.51. The number of nitrogens with zero attached hydrogens (tertiary/aromatic N) is 4. The first-order chi connectivity index (χ1) is 13.2. The molecular formula is C21H20N4O2. The van der Waals surface area contributed by atoms with Crippen LogP contribution in [0.5, 0.6) is 0 Å². The molecule has 0 N–H and O–H groups in total. The summed E-state index contributed by atoms with van der Waals surface area (Å²) < 4.78 is 5.24. The summed E-state index contributed by atoms with van der Waals surface area (Å²) in [6.07, 6.45) is 2.32. The van der Waals surface area contributed by atoms with Crippen LogP contribution in [0.4, 0.5) is 5.82 Å². The van der Waals surface area contributed by atoms with E-state index in [1.807, 2.05) is 31.2 Å². The van der Waals surface area contributed by atoms with Crippen LogP contribution in [0, 0.1) is 18.3 Å². The Labute approximate surface area is 157 Å². The molecule has 4 rings (SSSR count). The Bertz CT molecular complexity index is 1020. The van der Waals surface area contributed by atoms with Crippen molar-refractivity contribution in [2.24, 2.45) is 0 Å². The average molecular weight is 360 g/mol. The van der Waals surface area contributed by atoms with Gasteiger partial charge in [0.05, 0.1) is 17.3 Å². The van der Waals surface area contributed by atoms with E-state index in [2.05, 4.69) is 11.0 Å². The average Bonchev–Trinajstić information content (AvgIpc) is 3.11. The fourth-order valence-corrected chi connectivity index (χ4v) is 3.48. The number of hydrogen-bond donors (Lipinski definition) is 0. The van der Waals surface area contributed by atoms with Gasteiger partial charge in [0.2, 0.25) is 0 Å². The van der Waals surface area contributed by atoms with Crippen molar-refractivity contribution in [3.05, 3.63) is 59.5 Å². The number of nitriles is 1. The number of amides is 1. The van der Waals surface area contributed by atoms with Crippen molar-refractivity contribution in [2.45, 2.75) is 13.3 Å². The summed E-state index contributed by atoms with van der Waals surface area (Å²) in [5.74, 6) is 0.966. The van der Waals surface area contributed by atoms with E-state index in [1.165, 1.54) is 6.26 Å². The van der Waals surface area contributed by atoms with E-state index in [0.717, 1.165) is 29.4 Å². The number of carbonyl (C=O) groups is 1. The molecule has 0 atom stereocenters. The highest BCUT2D eigenvalue weighted by atomic mass is 16.3. The lowest BCUT2D eigenvalue weighted by Gasteiger charge is -2.23. The van der Waals surface area contributed by atoms with Gasteiger partial charge < -0.3 is 14.2 Å². The van der Waals surface area contributed by atoms with E-state index in [1.54, 1.807) is 17.0 Å². The fourth-order valence-electron chi connectivity index (χ4n) is 3.48. The third-order valence-corrected chi connectivity index (χ3v) is 4.89. The lowest BCUT2D eigenvalue weighted by atomic mass is 10.1. The summed E-state index contributed by atoms with van der Waals surface area (Å²) in [6.45, 7) is 4.64. The monoisotopic (exact) mass is 360 g/mol. The van der Waals surface area contributed by atoms with Gasteiger partial charge in [0.25, 0.3) is 5.91 Å². The van der Waals surface area contributed by atoms with Gasteiger partial charge in [-0.15, -0.1) is 0 Å². The zero-order chi connectivity index (χ0) is 18.8. The number of carbonyl (C=O) groups excluding carboxylic acids is 1.